The molecule has 1 N–H and O–H groups in total. The number of piperidine rings is 1. The third-order valence-electron chi connectivity index (χ3n) is 3.82. The lowest BCUT2D eigenvalue weighted by molar-refractivity contribution is 0.170. The molecule has 1 aliphatic heterocycles. The van der Waals surface area contributed by atoms with Crippen molar-refractivity contribution in [3.8, 4) is 0 Å². The van der Waals surface area contributed by atoms with Crippen molar-refractivity contribution in [1.29, 1.82) is 0 Å². The first-order chi connectivity index (χ1) is 9.71. The minimum Gasteiger partial charge on any atom is -0.390 e. The Morgan fingerprint density at radius 1 is 1.55 bits per heavy atom. The molecule has 2 heterocycles. The van der Waals surface area contributed by atoms with Crippen molar-refractivity contribution in [2.45, 2.75) is 46.3 Å². The molecular formula is C15H26N4O. The Hall–Kier alpha value is -1.20. The SMILES string of the molecule is CC/C=C(\C)CN1CCCC(Cn2cc(CO)nn2)C1. The minimum absolute atomic E-state index is 0.0300. The summed E-state index contributed by atoms with van der Waals surface area (Å²) in [6, 6.07) is 0. The van der Waals surface area contributed by atoms with Crippen molar-refractivity contribution in [3.63, 3.8) is 0 Å². The summed E-state index contributed by atoms with van der Waals surface area (Å²) in [6.45, 7) is 8.69. The van der Waals surface area contributed by atoms with E-state index in [1.807, 2.05) is 10.9 Å². The number of rotatable bonds is 6. The predicted octanol–water partition coefficient (Wildman–Crippen LogP) is 1.84. The van der Waals surface area contributed by atoms with Gasteiger partial charge in [-0.2, -0.15) is 0 Å². The second-order valence-corrected chi connectivity index (χ2v) is 5.79. The van der Waals surface area contributed by atoms with Gasteiger partial charge in [-0.1, -0.05) is 23.8 Å². The second kappa shape index (κ2) is 7.55. The lowest BCUT2D eigenvalue weighted by atomic mass is 9.97. The number of hydrogen-bond donors (Lipinski definition) is 1. The van der Waals surface area contributed by atoms with Crippen LogP contribution in [0.4, 0.5) is 0 Å². The van der Waals surface area contributed by atoms with Crippen molar-refractivity contribution in [2.75, 3.05) is 19.6 Å². The smallest absolute Gasteiger partial charge is 0.108 e. The zero-order chi connectivity index (χ0) is 14.4. The van der Waals surface area contributed by atoms with Gasteiger partial charge in [0, 0.05) is 19.6 Å². The van der Waals surface area contributed by atoms with Crippen molar-refractivity contribution in [1.82, 2.24) is 19.9 Å². The molecule has 1 aromatic heterocycles. The number of aliphatic hydroxyl groups excluding tert-OH is 1. The summed E-state index contributed by atoms with van der Waals surface area (Å²) in [4.78, 5) is 2.54. The Kier molecular flexibility index (Phi) is 5.73. The Morgan fingerprint density at radius 2 is 2.40 bits per heavy atom. The van der Waals surface area contributed by atoms with Gasteiger partial charge < -0.3 is 5.11 Å². The van der Waals surface area contributed by atoms with E-state index in [2.05, 4.69) is 35.1 Å². The molecular weight excluding hydrogens is 252 g/mol. The summed E-state index contributed by atoms with van der Waals surface area (Å²) < 4.78 is 1.87. The average molecular weight is 278 g/mol. The van der Waals surface area contributed by atoms with Gasteiger partial charge in [-0.3, -0.25) is 9.58 Å². The van der Waals surface area contributed by atoms with Crippen LogP contribution in [0.25, 0.3) is 0 Å². The van der Waals surface area contributed by atoms with Crippen LogP contribution in [0, 0.1) is 5.92 Å². The maximum Gasteiger partial charge on any atom is 0.108 e. The Balaban J connectivity index is 1.85. The molecule has 1 atom stereocenters. The molecule has 2 rings (SSSR count). The summed E-state index contributed by atoms with van der Waals surface area (Å²) in [5.41, 5.74) is 2.12. The fraction of sp³-hybridized carbons (Fsp3) is 0.733. The number of hydrogen-bond acceptors (Lipinski definition) is 4. The Bertz CT molecular complexity index is 441. The van der Waals surface area contributed by atoms with E-state index in [4.69, 9.17) is 5.11 Å². The zero-order valence-electron chi connectivity index (χ0n) is 12.6. The average Bonchev–Trinajstić information content (AvgIpc) is 2.87. The van der Waals surface area contributed by atoms with Gasteiger partial charge in [0.1, 0.15) is 5.69 Å². The van der Waals surface area contributed by atoms with Crippen LogP contribution >= 0.6 is 0 Å². The molecule has 1 saturated heterocycles. The maximum atomic E-state index is 9.02. The minimum atomic E-state index is -0.0300. The first-order valence-corrected chi connectivity index (χ1v) is 7.59. The fourth-order valence-electron chi connectivity index (χ4n) is 2.97. The fourth-order valence-corrected chi connectivity index (χ4v) is 2.97. The Labute approximate surface area is 121 Å². The van der Waals surface area contributed by atoms with Gasteiger partial charge in [-0.05, 0) is 38.6 Å². The standard InChI is InChI=1S/C15H26N4O/c1-3-5-13(2)8-18-7-4-6-14(9-18)10-19-11-15(12-20)16-17-19/h5,11,14,20H,3-4,6-10,12H2,1-2H3/b13-5+. The number of aromatic nitrogens is 3. The van der Waals surface area contributed by atoms with Gasteiger partial charge in [0.25, 0.3) is 0 Å². The first kappa shape index (κ1) is 15.2. The molecule has 1 fully saturated rings. The van der Waals surface area contributed by atoms with Crippen LogP contribution in [-0.2, 0) is 13.2 Å². The van der Waals surface area contributed by atoms with E-state index in [0.29, 0.717) is 11.6 Å². The molecule has 1 unspecified atom stereocenters. The highest BCUT2D eigenvalue weighted by atomic mass is 16.3. The molecule has 0 radical (unpaired) electrons. The van der Waals surface area contributed by atoms with E-state index < -0.39 is 0 Å². The van der Waals surface area contributed by atoms with Gasteiger partial charge in [0.05, 0.1) is 12.8 Å². The van der Waals surface area contributed by atoms with Gasteiger partial charge in [0.2, 0.25) is 0 Å². The molecule has 0 aromatic carbocycles. The van der Waals surface area contributed by atoms with Gasteiger partial charge in [-0.15, -0.1) is 5.10 Å². The molecule has 5 nitrogen and oxygen atoms in total. The predicted molar refractivity (Wildman–Crippen MR) is 79.2 cm³/mol. The van der Waals surface area contributed by atoms with Gasteiger partial charge in [0.15, 0.2) is 0 Å². The second-order valence-electron chi connectivity index (χ2n) is 5.79. The van der Waals surface area contributed by atoms with Crippen LogP contribution in [0.3, 0.4) is 0 Å². The van der Waals surface area contributed by atoms with E-state index in [0.717, 1.165) is 26.1 Å². The monoisotopic (exact) mass is 278 g/mol. The number of allylic oxidation sites excluding steroid dienone is 1. The number of aliphatic hydroxyl groups is 1. The highest BCUT2D eigenvalue weighted by Gasteiger charge is 2.20. The number of likely N-dealkylation sites (tertiary alicyclic amines) is 1. The molecule has 0 bridgehead atoms. The van der Waals surface area contributed by atoms with E-state index >= 15 is 0 Å². The van der Waals surface area contributed by atoms with Crippen molar-refractivity contribution < 1.29 is 5.11 Å². The number of nitrogens with zero attached hydrogens (tertiary/aromatic N) is 4. The topological polar surface area (TPSA) is 54.2 Å². The third-order valence-corrected chi connectivity index (χ3v) is 3.82. The van der Waals surface area contributed by atoms with E-state index in [9.17, 15) is 0 Å². The molecule has 0 amide bonds. The van der Waals surface area contributed by atoms with Crippen molar-refractivity contribution in [2.24, 2.45) is 5.92 Å². The lowest BCUT2D eigenvalue weighted by Crippen LogP contribution is -2.38. The molecule has 1 aliphatic rings. The van der Waals surface area contributed by atoms with E-state index in [-0.39, 0.29) is 6.61 Å². The molecule has 0 spiro atoms. The quantitative estimate of drug-likeness (QED) is 0.807. The molecule has 112 valence electrons. The molecule has 1 aromatic rings. The summed E-state index contributed by atoms with van der Waals surface area (Å²) in [6.07, 6.45) is 7.79. The summed E-state index contributed by atoms with van der Waals surface area (Å²) in [5, 5.41) is 17.0. The molecule has 20 heavy (non-hydrogen) atoms. The highest BCUT2D eigenvalue weighted by Crippen LogP contribution is 2.19. The highest BCUT2D eigenvalue weighted by molar-refractivity contribution is 5.00. The van der Waals surface area contributed by atoms with E-state index in [1.54, 1.807) is 0 Å². The zero-order valence-corrected chi connectivity index (χ0v) is 12.6. The van der Waals surface area contributed by atoms with Crippen LogP contribution < -0.4 is 0 Å². The van der Waals surface area contributed by atoms with Crippen LogP contribution in [0.5, 0.6) is 0 Å². The van der Waals surface area contributed by atoms with Crippen LogP contribution in [0.1, 0.15) is 38.8 Å². The lowest BCUT2D eigenvalue weighted by Gasteiger charge is -2.32. The normalized spacial score (nSPS) is 21.4. The third kappa shape index (κ3) is 4.42. The van der Waals surface area contributed by atoms with Crippen LogP contribution in [0.15, 0.2) is 17.8 Å². The van der Waals surface area contributed by atoms with Crippen LogP contribution in [-0.4, -0.2) is 44.6 Å². The van der Waals surface area contributed by atoms with E-state index in [1.165, 1.54) is 25.0 Å². The summed E-state index contributed by atoms with van der Waals surface area (Å²) >= 11 is 0. The van der Waals surface area contributed by atoms with Crippen molar-refractivity contribution >= 4 is 0 Å². The van der Waals surface area contributed by atoms with Crippen molar-refractivity contribution in [3.05, 3.63) is 23.5 Å². The van der Waals surface area contributed by atoms with Gasteiger partial charge in [-0.25, -0.2) is 0 Å². The van der Waals surface area contributed by atoms with Crippen LogP contribution in [0.2, 0.25) is 0 Å². The summed E-state index contributed by atoms with van der Waals surface area (Å²) in [5.74, 6) is 0.631. The summed E-state index contributed by atoms with van der Waals surface area (Å²) in [7, 11) is 0. The first-order valence-electron chi connectivity index (χ1n) is 7.59. The molecule has 0 aliphatic carbocycles. The molecule has 0 saturated carbocycles. The maximum absolute atomic E-state index is 9.02. The van der Waals surface area contributed by atoms with Gasteiger partial charge >= 0.3 is 0 Å². The Morgan fingerprint density at radius 3 is 3.10 bits per heavy atom. The molecule has 5 heteroatoms. The largest absolute Gasteiger partial charge is 0.390 e.